The van der Waals surface area contributed by atoms with Gasteiger partial charge in [-0.3, -0.25) is 9.69 Å². The van der Waals surface area contributed by atoms with E-state index in [0.29, 0.717) is 6.42 Å². The van der Waals surface area contributed by atoms with Gasteiger partial charge in [0.05, 0.1) is 21.3 Å². The summed E-state index contributed by atoms with van der Waals surface area (Å²) >= 11 is 0. The summed E-state index contributed by atoms with van der Waals surface area (Å²) in [6, 6.07) is 15.3. The van der Waals surface area contributed by atoms with Gasteiger partial charge >= 0.3 is 7.82 Å². The van der Waals surface area contributed by atoms with E-state index in [9.17, 15) is 14.3 Å². The number of Topliss-reactive ketones (excluding diaryl/α,β-unsaturated/α-hetero) is 1. The molecule has 0 fully saturated rings. The average Bonchev–Trinajstić information content (AvgIpc) is 2.80. The summed E-state index contributed by atoms with van der Waals surface area (Å²) < 4.78 is 39.1. The minimum absolute atomic E-state index is 0.0411. The molecule has 0 amide bonds. The van der Waals surface area contributed by atoms with Crippen molar-refractivity contribution in [1.82, 2.24) is 0 Å². The van der Waals surface area contributed by atoms with Crippen LogP contribution in [0.5, 0.6) is 28.7 Å². The second-order valence-electron chi connectivity index (χ2n) is 7.95. The number of carbonyl (C=O) groups excluding carboxylic acids is 1. The van der Waals surface area contributed by atoms with Gasteiger partial charge in [-0.05, 0) is 61.2 Å². The van der Waals surface area contributed by atoms with Crippen molar-refractivity contribution in [3.05, 3.63) is 76.9 Å². The van der Waals surface area contributed by atoms with Crippen molar-refractivity contribution >= 4 is 13.6 Å². The number of aryl methyl sites for hydroxylation is 3. The standard InChI is InChI=1S/C26H29O8P/c1-17-12-18(2)14-21(13-17)33-35(28,29)34-22-15-24(31-4)26(25(16-22)32-5)23(27)11-8-19-6-9-20(30-3)10-7-19/h6-7,9-10,12-16H,8,11H2,1-5H3,(H,28,29). The maximum absolute atomic E-state index is 13.0. The average molecular weight is 500 g/mol. The number of benzene rings is 3. The lowest BCUT2D eigenvalue weighted by atomic mass is 10.0. The van der Waals surface area contributed by atoms with Gasteiger partial charge in [0.15, 0.2) is 5.78 Å². The summed E-state index contributed by atoms with van der Waals surface area (Å²) in [5.74, 6) is 1.01. The number of hydrogen-bond donors (Lipinski definition) is 1. The number of phosphoric ester groups is 1. The normalized spacial score (nSPS) is 12.4. The lowest BCUT2D eigenvalue weighted by Crippen LogP contribution is -2.08. The maximum atomic E-state index is 13.0. The van der Waals surface area contributed by atoms with Gasteiger partial charge in [0.2, 0.25) is 0 Å². The highest BCUT2D eigenvalue weighted by molar-refractivity contribution is 7.48. The molecule has 0 aliphatic rings. The number of ether oxygens (including phenoxy) is 3. The predicted octanol–water partition coefficient (Wildman–Crippen LogP) is 5.70. The molecule has 186 valence electrons. The highest BCUT2D eigenvalue weighted by atomic mass is 31.2. The molecular weight excluding hydrogens is 471 g/mol. The highest BCUT2D eigenvalue weighted by Crippen LogP contribution is 2.47. The minimum atomic E-state index is -4.54. The Morgan fingerprint density at radius 1 is 0.771 bits per heavy atom. The third-order valence-electron chi connectivity index (χ3n) is 5.19. The zero-order valence-corrected chi connectivity index (χ0v) is 21.3. The first kappa shape index (κ1) is 26.1. The fraction of sp³-hybridized carbons (Fsp3) is 0.269. The summed E-state index contributed by atoms with van der Waals surface area (Å²) in [5, 5.41) is 0. The number of phosphoric acid groups is 1. The Kier molecular flexibility index (Phi) is 8.43. The van der Waals surface area contributed by atoms with Crippen LogP contribution < -0.4 is 23.3 Å². The van der Waals surface area contributed by atoms with E-state index in [4.69, 9.17) is 23.3 Å². The molecule has 0 aliphatic heterocycles. The van der Waals surface area contributed by atoms with Crippen molar-refractivity contribution in [3.63, 3.8) is 0 Å². The van der Waals surface area contributed by atoms with Crippen molar-refractivity contribution in [3.8, 4) is 28.7 Å². The molecular formula is C26H29O8P. The van der Waals surface area contributed by atoms with Gasteiger partial charge in [-0.2, -0.15) is 0 Å². The van der Waals surface area contributed by atoms with Gasteiger partial charge in [0.25, 0.3) is 0 Å². The second-order valence-corrected chi connectivity index (χ2v) is 9.25. The van der Waals surface area contributed by atoms with E-state index >= 15 is 0 Å². The number of ketones is 1. The summed E-state index contributed by atoms with van der Waals surface area (Å²) in [5.41, 5.74) is 2.95. The van der Waals surface area contributed by atoms with Crippen LogP contribution in [0.1, 0.15) is 33.5 Å². The fourth-order valence-electron chi connectivity index (χ4n) is 3.66. The largest absolute Gasteiger partial charge is 0.584 e. The molecule has 0 heterocycles. The third kappa shape index (κ3) is 7.01. The molecule has 0 saturated heterocycles. The first-order valence-electron chi connectivity index (χ1n) is 10.9. The summed E-state index contributed by atoms with van der Waals surface area (Å²) in [6.45, 7) is 3.70. The van der Waals surface area contributed by atoms with E-state index in [0.717, 1.165) is 22.4 Å². The van der Waals surface area contributed by atoms with E-state index in [1.165, 1.54) is 26.4 Å². The van der Waals surface area contributed by atoms with E-state index in [2.05, 4.69) is 0 Å². The molecule has 8 nitrogen and oxygen atoms in total. The predicted molar refractivity (Wildman–Crippen MR) is 132 cm³/mol. The Morgan fingerprint density at radius 2 is 1.29 bits per heavy atom. The van der Waals surface area contributed by atoms with Crippen LogP contribution in [0.15, 0.2) is 54.6 Å². The third-order valence-corrected chi connectivity index (χ3v) is 6.08. The topological polar surface area (TPSA) is 101 Å². The Labute approximate surface area is 205 Å². The number of carbonyl (C=O) groups is 1. The number of hydrogen-bond acceptors (Lipinski definition) is 7. The number of methoxy groups -OCH3 is 3. The van der Waals surface area contributed by atoms with Crippen molar-refractivity contribution in [2.75, 3.05) is 21.3 Å². The molecule has 0 saturated carbocycles. The van der Waals surface area contributed by atoms with E-state index < -0.39 is 7.82 Å². The Hall–Kier alpha value is -3.48. The van der Waals surface area contributed by atoms with Crippen LogP contribution in [0.2, 0.25) is 0 Å². The van der Waals surface area contributed by atoms with Crippen molar-refractivity contribution < 1.29 is 37.5 Å². The van der Waals surface area contributed by atoms with Gasteiger partial charge < -0.3 is 23.3 Å². The number of rotatable bonds is 11. The zero-order chi connectivity index (χ0) is 25.6. The first-order valence-corrected chi connectivity index (χ1v) is 12.4. The molecule has 9 heteroatoms. The van der Waals surface area contributed by atoms with E-state index in [-0.39, 0.29) is 40.8 Å². The molecule has 0 spiro atoms. The van der Waals surface area contributed by atoms with Crippen molar-refractivity contribution in [2.24, 2.45) is 0 Å². The Bertz CT molecular complexity index is 1190. The molecule has 3 rings (SSSR count). The van der Waals surface area contributed by atoms with Gasteiger partial charge in [0, 0.05) is 18.6 Å². The van der Waals surface area contributed by atoms with Gasteiger partial charge in [-0.15, -0.1) is 0 Å². The fourth-order valence-corrected chi connectivity index (χ4v) is 4.44. The highest BCUT2D eigenvalue weighted by Gasteiger charge is 2.28. The summed E-state index contributed by atoms with van der Waals surface area (Å²) in [7, 11) is -0.164. The van der Waals surface area contributed by atoms with Crippen LogP contribution in [0, 0.1) is 13.8 Å². The van der Waals surface area contributed by atoms with Crippen LogP contribution >= 0.6 is 7.82 Å². The first-order chi connectivity index (χ1) is 16.6. The smallest absolute Gasteiger partial charge is 0.497 e. The van der Waals surface area contributed by atoms with Crippen LogP contribution in [-0.2, 0) is 11.0 Å². The molecule has 1 unspecified atom stereocenters. The summed E-state index contributed by atoms with van der Waals surface area (Å²) in [6.07, 6.45) is 0.705. The van der Waals surface area contributed by atoms with Crippen molar-refractivity contribution in [2.45, 2.75) is 26.7 Å². The molecule has 3 aromatic rings. The molecule has 35 heavy (non-hydrogen) atoms. The lowest BCUT2D eigenvalue weighted by molar-refractivity contribution is 0.0976. The molecule has 0 aliphatic carbocycles. The van der Waals surface area contributed by atoms with E-state index in [1.54, 1.807) is 19.2 Å². The molecule has 0 radical (unpaired) electrons. The summed E-state index contributed by atoms with van der Waals surface area (Å²) in [4.78, 5) is 23.4. The maximum Gasteiger partial charge on any atom is 0.584 e. The van der Waals surface area contributed by atoms with Crippen LogP contribution in [0.3, 0.4) is 0 Å². The second kappa shape index (κ2) is 11.3. The molecule has 3 aromatic carbocycles. The van der Waals surface area contributed by atoms with Crippen molar-refractivity contribution in [1.29, 1.82) is 0 Å². The Balaban J connectivity index is 1.79. The molecule has 1 atom stereocenters. The van der Waals surface area contributed by atoms with Crippen LogP contribution in [-0.4, -0.2) is 32.0 Å². The SMILES string of the molecule is COc1ccc(CCC(=O)c2c(OC)cc(OP(=O)(O)Oc3cc(C)cc(C)c3)cc2OC)cc1. The lowest BCUT2D eigenvalue weighted by Gasteiger charge is -2.18. The minimum Gasteiger partial charge on any atom is -0.497 e. The van der Waals surface area contributed by atoms with Gasteiger partial charge in [-0.1, -0.05) is 18.2 Å². The van der Waals surface area contributed by atoms with Gasteiger partial charge in [-0.25, -0.2) is 4.57 Å². The molecule has 0 bridgehead atoms. The quantitative estimate of drug-likeness (QED) is 0.264. The van der Waals surface area contributed by atoms with Crippen LogP contribution in [0.4, 0.5) is 0 Å². The zero-order valence-electron chi connectivity index (χ0n) is 20.4. The van der Waals surface area contributed by atoms with Crippen LogP contribution in [0.25, 0.3) is 0 Å². The van der Waals surface area contributed by atoms with E-state index in [1.807, 2.05) is 44.2 Å². The molecule has 1 N–H and O–H groups in total. The monoisotopic (exact) mass is 500 g/mol. The Morgan fingerprint density at radius 3 is 1.77 bits per heavy atom. The van der Waals surface area contributed by atoms with Gasteiger partial charge in [0.1, 0.15) is 34.3 Å². The molecule has 0 aromatic heterocycles.